The summed E-state index contributed by atoms with van der Waals surface area (Å²) in [5, 5.41) is 0. The summed E-state index contributed by atoms with van der Waals surface area (Å²) in [7, 11) is -1.21. The number of rotatable bonds is 2. The lowest BCUT2D eigenvalue weighted by Gasteiger charge is -2.38. The van der Waals surface area contributed by atoms with Gasteiger partial charge < -0.3 is 9.03 Å². The van der Waals surface area contributed by atoms with E-state index in [2.05, 4.69) is 23.9 Å². The summed E-state index contributed by atoms with van der Waals surface area (Å²) in [5.74, 6) is 0. The second-order valence-corrected chi connectivity index (χ2v) is 13.3. The molecule has 2 nitrogen and oxygen atoms in total. The first-order valence-electron chi connectivity index (χ1n) is 3.62. The highest BCUT2D eigenvalue weighted by atomic mass is 28.4. The molecule has 0 aromatic carbocycles. The van der Waals surface area contributed by atoms with Gasteiger partial charge in [0.1, 0.15) is 8.24 Å². The molecule has 0 bridgehead atoms. The Morgan fingerprint density at radius 3 is 1.30 bits per heavy atom. The number of hydrogen-bond donors (Lipinski definition) is 1. The normalized spacial score (nSPS) is 14.4. The smallest absolute Gasteiger partial charge is 0.255 e. The zero-order chi connectivity index (χ0) is 8.58. The van der Waals surface area contributed by atoms with Gasteiger partial charge in [-0.15, -0.1) is 0 Å². The molecule has 0 rings (SSSR count). The van der Waals surface area contributed by atoms with Gasteiger partial charge in [0.2, 0.25) is 0 Å². The first kappa shape index (κ1) is 10.4. The second kappa shape index (κ2) is 2.77. The molecule has 10 heavy (non-hydrogen) atoms. The lowest BCUT2D eigenvalue weighted by Crippen LogP contribution is -2.58. The van der Waals surface area contributed by atoms with Crippen LogP contribution in [0.5, 0.6) is 0 Å². The van der Waals surface area contributed by atoms with Gasteiger partial charge in [-0.2, -0.15) is 0 Å². The molecule has 0 aliphatic rings. The van der Waals surface area contributed by atoms with Crippen molar-refractivity contribution < 1.29 is 4.80 Å². The van der Waals surface area contributed by atoms with Gasteiger partial charge in [0.05, 0.1) is 0 Å². The molecule has 0 atom stereocenters. The van der Waals surface area contributed by atoms with Crippen LogP contribution in [-0.2, 0) is 0 Å². The molecule has 0 heterocycles. The third-order valence-electron chi connectivity index (χ3n) is 1.83. The van der Waals surface area contributed by atoms with Gasteiger partial charge in [0.25, 0.3) is 8.48 Å². The molecule has 0 saturated heterocycles. The van der Waals surface area contributed by atoms with Crippen molar-refractivity contribution in [1.82, 2.24) is 4.23 Å². The molecule has 0 aromatic heterocycles. The van der Waals surface area contributed by atoms with Crippen molar-refractivity contribution >= 4 is 16.7 Å². The van der Waals surface area contributed by atoms with Crippen LogP contribution >= 0.6 is 0 Å². The standard InChI is InChI=1S/C6H19NOSi2/c1-7(9(2,3)4)10(5,6)8/h8H,1-6H3. The quantitative estimate of drug-likeness (QED) is 0.645. The SMILES string of the molecule is CN([Si](C)(C)C)[Si](C)(C)O. The summed E-state index contributed by atoms with van der Waals surface area (Å²) < 4.78 is 2.21. The lowest BCUT2D eigenvalue weighted by molar-refractivity contribution is 0.478. The van der Waals surface area contributed by atoms with E-state index in [4.69, 9.17) is 0 Å². The van der Waals surface area contributed by atoms with E-state index in [1.807, 2.05) is 20.1 Å². The Kier molecular flexibility index (Phi) is 2.87. The van der Waals surface area contributed by atoms with E-state index in [-0.39, 0.29) is 0 Å². The van der Waals surface area contributed by atoms with E-state index in [0.29, 0.717) is 0 Å². The third-order valence-corrected chi connectivity index (χ3v) is 9.14. The Balaban J connectivity index is 4.23. The fourth-order valence-electron chi connectivity index (χ4n) is 0.821. The molecule has 0 aliphatic carbocycles. The van der Waals surface area contributed by atoms with Gasteiger partial charge in [0.15, 0.2) is 0 Å². The van der Waals surface area contributed by atoms with Crippen LogP contribution in [0.4, 0.5) is 0 Å². The second-order valence-electron chi connectivity index (χ2n) is 4.22. The molecule has 0 aromatic rings. The van der Waals surface area contributed by atoms with E-state index in [9.17, 15) is 4.80 Å². The minimum absolute atomic E-state index is 1.25. The van der Waals surface area contributed by atoms with Crippen molar-refractivity contribution in [3.8, 4) is 0 Å². The highest BCUT2D eigenvalue weighted by Gasteiger charge is 2.33. The summed E-state index contributed by atoms with van der Waals surface area (Å²) in [4.78, 5) is 9.72. The summed E-state index contributed by atoms with van der Waals surface area (Å²) in [6.07, 6.45) is 0. The first-order valence-corrected chi connectivity index (χ1v) is 9.96. The van der Waals surface area contributed by atoms with E-state index in [1.165, 1.54) is 0 Å². The molecule has 4 heteroatoms. The van der Waals surface area contributed by atoms with Crippen LogP contribution in [0.25, 0.3) is 0 Å². The van der Waals surface area contributed by atoms with Crippen molar-refractivity contribution in [2.75, 3.05) is 7.05 Å². The number of hydrogen-bond acceptors (Lipinski definition) is 2. The van der Waals surface area contributed by atoms with Gasteiger partial charge in [-0.05, 0) is 20.1 Å². The summed E-state index contributed by atoms with van der Waals surface area (Å²) in [6, 6.07) is 0. The van der Waals surface area contributed by atoms with Crippen molar-refractivity contribution in [1.29, 1.82) is 0 Å². The Morgan fingerprint density at radius 2 is 1.30 bits per heavy atom. The number of nitrogens with zero attached hydrogens (tertiary/aromatic N) is 1. The Morgan fingerprint density at radius 1 is 1.00 bits per heavy atom. The molecule has 0 spiro atoms. The van der Waals surface area contributed by atoms with Gasteiger partial charge in [-0.25, -0.2) is 0 Å². The van der Waals surface area contributed by atoms with Crippen molar-refractivity contribution in [3.63, 3.8) is 0 Å². The van der Waals surface area contributed by atoms with Crippen LogP contribution in [0.2, 0.25) is 32.7 Å². The van der Waals surface area contributed by atoms with Crippen LogP contribution < -0.4 is 0 Å². The highest BCUT2D eigenvalue weighted by Crippen LogP contribution is 2.13. The van der Waals surface area contributed by atoms with Crippen LogP contribution in [-0.4, -0.2) is 32.8 Å². The van der Waals surface area contributed by atoms with Crippen LogP contribution in [0, 0.1) is 0 Å². The summed E-state index contributed by atoms with van der Waals surface area (Å²) in [5.41, 5.74) is 0. The molecule has 62 valence electrons. The molecule has 0 fully saturated rings. The molecule has 0 aliphatic heterocycles. The van der Waals surface area contributed by atoms with E-state index < -0.39 is 16.7 Å². The Hall–Kier alpha value is 0.354. The minimum Gasteiger partial charge on any atom is -0.420 e. The minimum atomic E-state index is -2.00. The van der Waals surface area contributed by atoms with Crippen molar-refractivity contribution in [3.05, 3.63) is 0 Å². The fraction of sp³-hybridized carbons (Fsp3) is 1.00. The maximum Gasteiger partial charge on any atom is 0.255 e. The van der Waals surface area contributed by atoms with Crippen molar-refractivity contribution in [2.45, 2.75) is 32.7 Å². The van der Waals surface area contributed by atoms with Gasteiger partial charge in [0, 0.05) is 0 Å². The van der Waals surface area contributed by atoms with Gasteiger partial charge in [-0.3, -0.25) is 0 Å². The average Bonchev–Trinajstić information content (AvgIpc) is 1.59. The van der Waals surface area contributed by atoms with Crippen LogP contribution in [0.1, 0.15) is 0 Å². The Bertz CT molecular complexity index is 99.9. The predicted molar refractivity (Wildman–Crippen MR) is 50.8 cm³/mol. The fourth-order valence-corrected chi connectivity index (χ4v) is 7.39. The van der Waals surface area contributed by atoms with E-state index >= 15 is 0 Å². The maximum absolute atomic E-state index is 9.72. The monoisotopic (exact) mass is 177 g/mol. The summed E-state index contributed by atoms with van der Waals surface area (Å²) >= 11 is 0. The van der Waals surface area contributed by atoms with E-state index in [0.717, 1.165) is 0 Å². The lowest BCUT2D eigenvalue weighted by atomic mass is 11.6. The maximum atomic E-state index is 9.72. The molecule has 0 radical (unpaired) electrons. The highest BCUT2D eigenvalue weighted by molar-refractivity contribution is 6.86. The first-order chi connectivity index (χ1) is 4.15. The largest absolute Gasteiger partial charge is 0.420 e. The van der Waals surface area contributed by atoms with E-state index in [1.54, 1.807) is 0 Å². The van der Waals surface area contributed by atoms with Gasteiger partial charge in [-0.1, -0.05) is 19.6 Å². The average molecular weight is 177 g/mol. The predicted octanol–water partition coefficient (Wildman–Crippen LogP) is 1.45. The zero-order valence-corrected chi connectivity index (χ0v) is 9.89. The van der Waals surface area contributed by atoms with Crippen LogP contribution in [0.15, 0.2) is 0 Å². The molecule has 1 N–H and O–H groups in total. The Labute approximate surface area is 66.2 Å². The molecule has 0 unspecified atom stereocenters. The molecular formula is C6H19NOSi2. The molecule has 0 amide bonds. The third kappa shape index (κ3) is 2.96. The topological polar surface area (TPSA) is 23.5 Å². The molecule has 0 saturated carbocycles. The zero-order valence-electron chi connectivity index (χ0n) is 7.89. The summed E-state index contributed by atoms with van der Waals surface area (Å²) in [6.45, 7) is 10.7. The van der Waals surface area contributed by atoms with Crippen LogP contribution in [0.3, 0.4) is 0 Å². The molecular weight excluding hydrogens is 158 g/mol. The van der Waals surface area contributed by atoms with Crippen molar-refractivity contribution in [2.24, 2.45) is 0 Å². The van der Waals surface area contributed by atoms with Gasteiger partial charge >= 0.3 is 0 Å².